The number of hydrogen-bond acceptors (Lipinski definition) is 3. The van der Waals surface area contributed by atoms with E-state index in [4.69, 9.17) is 16.3 Å². The molecule has 5 heteroatoms. The maximum Gasteiger partial charge on any atom is 0.412 e. The molecule has 94 valence electrons. The van der Waals surface area contributed by atoms with E-state index in [-0.39, 0.29) is 6.04 Å². The molecule has 2 atom stereocenters. The van der Waals surface area contributed by atoms with Crippen LogP contribution in [0, 0.1) is 0 Å². The molecular formula is C11H20ClNO3. The number of aliphatic hydroxyl groups is 1. The van der Waals surface area contributed by atoms with Crippen molar-refractivity contribution in [3.8, 4) is 0 Å². The topological polar surface area (TPSA) is 49.8 Å². The molecule has 0 aromatic heterocycles. The highest BCUT2D eigenvalue weighted by molar-refractivity contribution is 6.18. The van der Waals surface area contributed by atoms with Gasteiger partial charge in [-0.1, -0.05) is 0 Å². The first-order valence-corrected chi connectivity index (χ1v) is 6.14. The van der Waals surface area contributed by atoms with Crippen LogP contribution in [-0.2, 0) is 4.74 Å². The van der Waals surface area contributed by atoms with Gasteiger partial charge in [0, 0.05) is 5.88 Å². The van der Waals surface area contributed by atoms with Crippen molar-refractivity contribution < 1.29 is 14.6 Å². The molecule has 0 bridgehead atoms. The number of alkyl halides is 1. The van der Waals surface area contributed by atoms with E-state index in [2.05, 4.69) is 0 Å². The molecule has 4 nitrogen and oxygen atoms in total. The minimum absolute atomic E-state index is 0.125. The Morgan fingerprint density at radius 1 is 1.50 bits per heavy atom. The molecule has 1 aliphatic rings. The number of aliphatic hydroxyl groups excluding tert-OH is 1. The number of halogens is 1. The predicted molar refractivity (Wildman–Crippen MR) is 62.4 cm³/mol. The lowest BCUT2D eigenvalue weighted by Crippen LogP contribution is -2.52. The summed E-state index contributed by atoms with van der Waals surface area (Å²) in [5, 5.41) is 9.80. The molecule has 0 aliphatic carbocycles. The van der Waals surface area contributed by atoms with Crippen LogP contribution in [0.4, 0.5) is 4.79 Å². The summed E-state index contributed by atoms with van der Waals surface area (Å²) in [4.78, 5) is 13.2. The highest BCUT2D eigenvalue weighted by Crippen LogP contribution is 2.24. The first kappa shape index (κ1) is 13.6. The number of piperidine rings is 1. The summed E-state index contributed by atoms with van der Waals surface area (Å²) in [6.45, 7) is 5.41. The normalized spacial score (nSPS) is 26.7. The van der Waals surface area contributed by atoms with Crippen molar-refractivity contribution in [3.05, 3.63) is 0 Å². The van der Waals surface area contributed by atoms with Gasteiger partial charge in [-0.3, -0.25) is 4.90 Å². The van der Waals surface area contributed by atoms with Crippen LogP contribution in [0.15, 0.2) is 0 Å². The number of hydrogen-bond donors (Lipinski definition) is 1. The molecule has 0 saturated carbocycles. The van der Waals surface area contributed by atoms with Crippen molar-refractivity contribution in [2.75, 3.05) is 5.88 Å². The van der Waals surface area contributed by atoms with Gasteiger partial charge in [0.2, 0.25) is 0 Å². The molecule has 0 aromatic carbocycles. The number of rotatable bonds is 1. The van der Waals surface area contributed by atoms with E-state index in [1.807, 2.05) is 0 Å². The number of amides is 1. The van der Waals surface area contributed by atoms with Gasteiger partial charge in [0.15, 0.2) is 0 Å². The Morgan fingerprint density at radius 2 is 2.12 bits per heavy atom. The van der Waals surface area contributed by atoms with Crippen molar-refractivity contribution >= 4 is 17.7 Å². The van der Waals surface area contributed by atoms with Crippen molar-refractivity contribution in [2.24, 2.45) is 0 Å². The maximum absolute atomic E-state index is 11.9. The van der Waals surface area contributed by atoms with Crippen molar-refractivity contribution in [1.29, 1.82) is 0 Å². The molecule has 1 amide bonds. The van der Waals surface area contributed by atoms with E-state index in [9.17, 15) is 9.90 Å². The highest BCUT2D eigenvalue weighted by atomic mass is 35.5. The zero-order valence-corrected chi connectivity index (χ0v) is 10.8. The summed E-state index contributed by atoms with van der Waals surface area (Å²) in [5.74, 6) is 0.330. The monoisotopic (exact) mass is 249 g/mol. The molecular weight excluding hydrogens is 230 g/mol. The summed E-state index contributed by atoms with van der Waals surface area (Å²) < 4.78 is 5.25. The minimum Gasteiger partial charge on any atom is -0.444 e. The van der Waals surface area contributed by atoms with Gasteiger partial charge in [-0.05, 0) is 40.0 Å². The second-order valence-corrected chi connectivity index (χ2v) is 5.42. The third-order valence-electron chi connectivity index (χ3n) is 2.50. The van der Waals surface area contributed by atoms with E-state index in [0.717, 1.165) is 12.8 Å². The van der Waals surface area contributed by atoms with Crippen molar-refractivity contribution in [2.45, 2.75) is 57.9 Å². The van der Waals surface area contributed by atoms with Crippen LogP contribution in [-0.4, -0.2) is 39.9 Å². The summed E-state index contributed by atoms with van der Waals surface area (Å²) in [6.07, 6.45) is 1.04. The number of carbonyl (C=O) groups is 1. The molecule has 1 rings (SSSR count). The summed E-state index contributed by atoms with van der Waals surface area (Å²) in [7, 11) is 0. The van der Waals surface area contributed by atoms with E-state index in [1.165, 1.54) is 4.90 Å². The number of carbonyl (C=O) groups excluding carboxylic acids is 1. The molecule has 1 aliphatic heterocycles. The third-order valence-corrected chi connectivity index (χ3v) is 2.85. The van der Waals surface area contributed by atoms with Crippen LogP contribution < -0.4 is 0 Å². The number of ether oxygens (including phenoxy) is 1. The Bertz CT molecular complexity index is 252. The Labute approximate surface area is 102 Å². The summed E-state index contributed by atoms with van der Waals surface area (Å²) in [5.41, 5.74) is -0.550. The SMILES string of the molecule is CC(C)(C)OC(=O)N1C(O)CCCC1CCl. The molecule has 0 radical (unpaired) electrons. The van der Waals surface area contributed by atoms with Crippen LogP contribution in [0.3, 0.4) is 0 Å². The fourth-order valence-electron chi connectivity index (χ4n) is 1.79. The molecule has 1 N–H and O–H groups in total. The van der Waals surface area contributed by atoms with Crippen molar-refractivity contribution in [1.82, 2.24) is 4.90 Å². The lowest BCUT2D eigenvalue weighted by atomic mass is 10.0. The maximum atomic E-state index is 11.9. The summed E-state index contributed by atoms with van der Waals surface area (Å²) in [6, 6.07) is -0.125. The zero-order valence-electron chi connectivity index (χ0n) is 10.1. The molecule has 0 aromatic rings. The Hall–Kier alpha value is -0.480. The van der Waals surface area contributed by atoms with E-state index < -0.39 is 17.9 Å². The van der Waals surface area contributed by atoms with Crippen LogP contribution in [0.2, 0.25) is 0 Å². The number of likely N-dealkylation sites (tertiary alicyclic amines) is 1. The molecule has 1 saturated heterocycles. The van der Waals surface area contributed by atoms with Gasteiger partial charge >= 0.3 is 6.09 Å². The standard InChI is InChI=1S/C11H20ClNO3/c1-11(2,3)16-10(15)13-8(7-12)5-4-6-9(13)14/h8-9,14H,4-7H2,1-3H3. The average molecular weight is 250 g/mol. The van der Waals surface area contributed by atoms with Crippen LogP contribution in [0.5, 0.6) is 0 Å². The predicted octanol–water partition coefficient (Wildman–Crippen LogP) is 2.33. The van der Waals surface area contributed by atoms with Gasteiger partial charge in [-0.15, -0.1) is 11.6 Å². The van der Waals surface area contributed by atoms with E-state index >= 15 is 0 Å². The van der Waals surface area contributed by atoms with Gasteiger partial charge in [-0.25, -0.2) is 4.79 Å². The van der Waals surface area contributed by atoms with Gasteiger partial charge in [0.05, 0.1) is 6.04 Å². The molecule has 1 heterocycles. The van der Waals surface area contributed by atoms with Gasteiger partial charge in [-0.2, -0.15) is 0 Å². The summed E-state index contributed by atoms with van der Waals surface area (Å²) >= 11 is 5.80. The zero-order chi connectivity index (χ0) is 12.3. The molecule has 2 unspecified atom stereocenters. The van der Waals surface area contributed by atoms with Crippen LogP contribution in [0.25, 0.3) is 0 Å². The third kappa shape index (κ3) is 3.52. The number of nitrogens with zero attached hydrogens (tertiary/aromatic N) is 1. The lowest BCUT2D eigenvalue weighted by Gasteiger charge is -2.39. The average Bonchev–Trinajstić information content (AvgIpc) is 2.14. The smallest absolute Gasteiger partial charge is 0.412 e. The van der Waals surface area contributed by atoms with Crippen LogP contribution in [0.1, 0.15) is 40.0 Å². The molecule has 0 spiro atoms. The van der Waals surface area contributed by atoms with E-state index in [0.29, 0.717) is 12.3 Å². The minimum atomic E-state index is -0.771. The first-order chi connectivity index (χ1) is 7.35. The van der Waals surface area contributed by atoms with Gasteiger partial charge in [0.25, 0.3) is 0 Å². The Kier molecular flexibility index (Phi) is 4.44. The Balaban J connectivity index is 2.70. The molecule has 1 fully saturated rings. The molecule has 16 heavy (non-hydrogen) atoms. The quantitative estimate of drug-likeness (QED) is 0.726. The van der Waals surface area contributed by atoms with Crippen LogP contribution >= 0.6 is 11.6 Å². The van der Waals surface area contributed by atoms with Gasteiger partial charge < -0.3 is 9.84 Å². The Morgan fingerprint density at radius 3 is 2.62 bits per heavy atom. The fourth-order valence-corrected chi connectivity index (χ4v) is 2.10. The highest BCUT2D eigenvalue weighted by Gasteiger charge is 2.35. The second-order valence-electron chi connectivity index (χ2n) is 5.11. The first-order valence-electron chi connectivity index (χ1n) is 5.60. The fraction of sp³-hybridized carbons (Fsp3) is 0.909. The van der Waals surface area contributed by atoms with E-state index in [1.54, 1.807) is 20.8 Å². The largest absolute Gasteiger partial charge is 0.444 e. The second kappa shape index (κ2) is 5.23. The van der Waals surface area contributed by atoms with Gasteiger partial charge in [0.1, 0.15) is 11.8 Å². The lowest BCUT2D eigenvalue weighted by molar-refractivity contribution is -0.0627. The van der Waals surface area contributed by atoms with Crippen molar-refractivity contribution in [3.63, 3.8) is 0 Å².